The van der Waals surface area contributed by atoms with Gasteiger partial charge in [-0.25, -0.2) is 0 Å². The molecule has 50 heavy (non-hydrogen) atoms. The summed E-state index contributed by atoms with van der Waals surface area (Å²) >= 11 is 0. The van der Waals surface area contributed by atoms with Gasteiger partial charge in [0.15, 0.2) is 0 Å². The molecule has 0 atom stereocenters. The highest BCUT2D eigenvalue weighted by atomic mass is 15.1. The minimum absolute atomic E-state index is 0.0512. The summed E-state index contributed by atoms with van der Waals surface area (Å²) in [5.41, 5.74) is 15.4. The fraction of sp³-hybridized carbons (Fsp3) is 0.388. The van der Waals surface area contributed by atoms with Crippen molar-refractivity contribution in [1.29, 1.82) is 0 Å². The Hall–Kier alpha value is -4.10. The van der Waals surface area contributed by atoms with Crippen LogP contribution in [0.2, 0.25) is 0 Å². The normalized spacial score (nSPS) is 26.1. The molecule has 0 saturated heterocycles. The van der Waals surface area contributed by atoms with E-state index in [1.54, 1.807) is 5.56 Å². The van der Waals surface area contributed by atoms with E-state index in [1.165, 1.54) is 127 Å². The molecule has 4 bridgehead atoms. The van der Waals surface area contributed by atoms with Gasteiger partial charge in [0.25, 0.3) is 0 Å². The lowest BCUT2D eigenvalue weighted by Gasteiger charge is -2.57. The minimum Gasteiger partial charge on any atom is -0.310 e. The first-order chi connectivity index (χ1) is 24.4. The molecule has 1 heteroatoms. The van der Waals surface area contributed by atoms with Crippen LogP contribution in [0.15, 0.2) is 115 Å². The number of nitrogens with zero attached hydrogens (tertiary/aromatic N) is 1. The maximum Gasteiger partial charge on any atom is 0.0540 e. The van der Waals surface area contributed by atoms with Crippen molar-refractivity contribution in [2.75, 3.05) is 4.90 Å². The van der Waals surface area contributed by atoms with Crippen LogP contribution in [0, 0.1) is 17.8 Å². The summed E-state index contributed by atoms with van der Waals surface area (Å²) in [7, 11) is 0. The van der Waals surface area contributed by atoms with Gasteiger partial charge in [0.1, 0.15) is 0 Å². The van der Waals surface area contributed by atoms with Gasteiger partial charge >= 0.3 is 0 Å². The standard InChI is InChI=1S/C49H51N/c1-48(2)45-14-8-6-13-43(45)44-25-24-41(29-46(44)48)50(40-22-20-39(21-23-40)49-30-33-26-34(31-49)28-35(27-33)32-49)47-15-9-7-12-42(47)38-18-16-37(17-19-38)36-10-4-3-5-11-36/h6-9,12-25,29,33-36H,3-5,10-11,26-28,30-32H2,1-2H3. The second-order valence-corrected chi connectivity index (χ2v) is 17.5. The lowest BCUT2D eigenvalue weighted by Crippen LogP contribution is -2.48. The topological polar surface area (TPSA) is 3.24 Å². The Labute approximate surface area is 299 Å². The smallest absolute Gasteiger partial charge is 0.0540 e. The third-order valence-corrected chi connectivity index (χ3v) is 14.0. The summed E-state index contributed by atoms with van der Waals surface area (Å²) < 4.78 is 0. The number of hydrogen-bond acceptors (Lipinski definition) is 1. The first-order valence-corrected chi connectivity index (χ1v) is 19.8. The molecular formula is C49H51N. The molecule has 5 aromatic rings. The zero-order chi connectivity index (χ0) is 33.5. The number of anilines is 3. The number of benzene rings is 5. The molecule has 6 aliphatic carbocycles. The molecule has 11 rings (SSSR count). The van der Waals surface area contributed by atoms with E-state index in [1.807, 2.05) is 0 Å². The van der Waals surface area contributed by atoms with Gasteiger partial charge in [0.2, 0.25) is 0 Å². The zero-order valence-electron chi connectivity index (χ0n) is 30.0. The van der Waals surface area contributed by atoms with Crippen molar-refractivity contribution in [3.63, 3.8) is 0 Å². The second kappa shape index (κ2) is 11.7. The Kier molecular flexibility index (Phi) is 7.20. The van der Waals surface area contributed by atoms with Crippen molar-refractivity contribution >= 4 is 17.1 Å². The van der Waals surface area contributed by atoms with Crippen LogP contribution in [0.3, 0.4) is 0 Å². The fourth-order valence-electron chi connectivity index (χ4n) is 12.0. The molecular weight excluding hydrogens is 603 g/mol. The highest BCUT2D eigenvalue weighted by molar-refractivity contribution is 5.90. The van der Waals surface area contributed by atoms with Crippen LogP contribution in [-0.4, -0.2) is 0 Å². The van der Waals surface area contributed by atoms with E-state index in [4.69, 9.17) is 0 Å². The first-order valence-electron chi connectivity index (χ1n) is 19.8. The monoisotopic (exact) mass is 653 g/mol. The van der Waals surface area contributed by atoms with E-state index in [2.05, 4.69) is 134 Å². The molecule has 5 aromatic carbocycles. The summed E-state index contributed by atoms with van der Waals surface area (Å²) in [5, 5.41) is 0. The highest BCUT2D eigenvalue weighted by Gasteiger charge is 2.51. The predicted octanol–water partition coefficient (Wildman–Crippen LogP) is 13.6. The molecule has 0 spiro atoms. The molecule has 0 aliphatic heterocycles. The van der Waals surface area contributed by atoms with E-state index < -0.39 is 0 Å². The molecule has 0 aromatic heterocycles. The zero-order valence-corrected chi connectivity index (χ0v) is 30.0. The van der Waals surface area contributed by atoms with Crippen LogP contribution >= 0.6 is 0 Å². The SMILES string of the molecule is CC1(C)c2ccccc2-c2ccc(N(c3ccc(C45CC6CC(CC(C6)C4)C5)cc3)c3ccccc3-c3ccc(C4CCCCC4)cc3)cc21. The van der Waals surface area contributed by atoms with E-state index >= 15 is 0 Å². The molecule has 0 heterocycles. The maximum atomic E-state index is 2.55. The average molecular weight is 654 g/mol. The van der Waals surface area contributed by atoms with E-state index in [0.717, 1.165) is 23.7 Å². The van der Waals surface area contributed by atoms with Crippen molar-refractivity contribution in [3.05, 3.63) is 138 Å². The van der Waals surface area contributed by atoms with Crippen LogP contribution in [0.5, 0.6) is 0 Å². The third-order valence-electron chi connectivity index (χ3n) is 14.0. The van der Waals surface area contributed by atoms with Gasteiger partial charge in [-0.2, -0.15) is 0 Å². The molecule has 6 aliphatic rings. The van der Waals surface area contributed by atoms with Gasteiger partial charge in [-0.3, -0.25) is 0 Å². The van der Waals surface area contributed by atoms with E-state index in [-0.39, 0.29) is 5.41 Å². The molecule has 5 saturated carbocycles. The Balaban J connectivity index is 1.08. The van der Waals surface area contributed by atoms with E-state index in [0.29, 0.717) is 5.41 Å². The molecule has 0 amide bonds. The molecule has 1 nitrogen and oxygen atoms in total. The average Bonchev–Trinajstić information content (AvgIpc) is 3.38. The lowest BCUT2D eigenvalue weighted by molar-refractivity contribution is -0.00518. The Morgan fingerprint density at radius 3 is 1.84 bits per heavy atom. The van der Waals surface area contributed by atoms with Crippen molar-refractivity contribution in [1.82, 2.24) is 0 Å². The number of para-hydroxylation sites is 1. The van der Waals surface area contributed by atoms with E-state index in [9.17, 15) is 0 Å². The Morgan fingerprint density at radius 1 is 0.540 bits per heavy atom. The van der Waals surface area contributed by atoms with Crippen LogP contribution in [0.1, 0.15) is 113 Å². The number of fused-ring (bicyclic) bond motifs is 3. The summed E-state index contributed by atoms with van der Waals surface area (Å²) in [6.45, 7) is 4.79. The van der Waals surface area contributed by atoms with Crippen LogP contribution in [0.25, 0.3) is 22.3 Å². The van der Waals surface area contributed by atoms with Gasteiger partial charge in [-0.15, -0.1) is 0 Å². The summed E-state index contributed by atoms with van der Waals surface area (Å²) in [6.07, 6.45) is 15.5. The third kappa shape index (κ3) is 4.94. The van der Waals surface area contributed by atoms with Gasteiger partial charge in [0, 0.05) is 22.4 Å². The van der Waals surface area contributed by atoms with Crippen LogP contribution in [-0.2, 0) is 10.8 Å². The maximum absolute atomic E-state index is 2.55. The summed E-state index contributed by atoms with van der Waals surface area (Å²) in [5.74, 6) is 3.57. The van der Waals surface area contributed by atoms with Crippen molar-refractivity contribution in [2.45, 2.75) is 101 Å². The minimum atomic E-state index is -0.0512. The van der Waals surface area contributed by atoms with Crippen LogP contribution in [0.4, 0.5) is 17.1 Å². The second-order valence-electron chi connectivity index (χ2n) is 17.5. The quantitative estimate of drug-likeness (QED) is 0.176. The molecule has 0 radical (unpaired) electrons. The van der Waals surface area contributed by atoms with Crippen molar-refractivity contribution < 1.29 is 0 Å². The molecule has 0 N–H and O–H groups in total. The molecule has 0 unspecified atom stereocenters. The van der Waals surface area contributed by atoms with Gasteiger partial charge < -0.3 is 4.90 Å². The molecule has 252 valence electrons. The fourth-order valence-corrected chi connectivity index (χ4v) is 12.0. The van der Waals surface area contributed by atoms with Crippen LogP contribution < -0.4 is 4.90 Å². The number of hydrogen-bond donors (Lipinski definition) is 0. The first kappa shape index (κ1) is 30.7. The Morgan fingerprint density at radius 2 is 1.14 bits per heavy atom. The van der Waals surface area contributed by atoms with Gasteiger partial charge in [-0.05, 0) is 150 Å². The lowest BCUT2D eigenvalue weighted by atomic mass is 9.48. The largest absolute Gasteiger partial charge is 0.310 e. The van der Waals surface area contributed by atoms with Crippen molar-refractivity contribution in [3.8, 4) is 22.3 Å². The predicted molar refractivity (Wildman–Crippen MR) is 210 cm³/mol. The van der Waals surface area contributed by atoms with Gasteiger partial charge in [-0.1, -0.05) is 118 Å². The van der Waals surface area contributed by atoms with Crippen molar-refractivity contribution in [2.24, 2.45) is 17.8 Å². The summed E-state index contributed by atoms with van der Waals surface area (Å²) in [4.78, 5) is 2.55. The summed E-state index contributed by atoms with van der Waals surface area (Å²) in [6, 6.07) is 44.9. The number of rotatable bonds is 6. The highest BCUT2D eigenvalue weighted by Crippen LogP contribution is 2.61. The van der Waals surface area contributed by atoms with Gasteiger partial charge in [0.05, 0.1) is 5.69 Å². The molecule has 5 fully saturated rings. The Bertz CT molecular complexity index is 2010.